The zero-order chi connectivity index (χ0) is 36.7. The second-order valence-electron chi connectivity index (χ2n) is 19.6. The Morgan fingerprint density at radius 1 is 0.980 bits per heavy atom. The number of rotatable bonds is 9. The Balaban J connectivity index is 1.23. The molecule has 50 heavy (non-hydrogen) atoms. The fourth-order valence-corrected chi connectivity index (χ4v) is 13.5. The Kier molecular flexibility index (Phi) is 9.28. The molecule has 2 N–H and O–H groups in total. The lowest BCUT2D eigenvalue weighted by molar-refractivity contribution is -0.250. The van der Waals surface area contributed by atoms with Gasteiger partial charge < -0.3 is 19.7 Å². The molecule has 278 valence electrons. The second-order valence-corrected chi connectivity index (χ2v) is 19.6. The van der Waals surface area contributed by atoms with E-state index < -0.39 is 17.4 Å². The summed E-state index contributed by atoms with van der Waals surface area (Å²) in [6, 6.07) is 1.89. The number of carboxylic acids is 1. The number of amides is 1. The molecule has 8 heteroatoms. The Morgan fingerprint density at radius 3 is 2.34 bits per heavy atom. The van der Waals surface area contributed by atoms with Crippen LogP contribution in [0.15, 0.2) is 22.7 Å². The van der Waals surface area contributed by atoms with Crippen molar-refractivity contribution in [2.24, 2.45) is 62.1 Å². The molecule has 0 aromatic carbocycles. The van der Waals surface area contributed by atoms with Gasteiger partial charge in [-0.2, -0.15) is 0 Å². The quantitative estimate of drug-likeness (QED) is 0.196. The van der Waals surface area contributed by atoms with E-state index in [1.807, 2.05) is 13.0 Å². The molecule has 5 saturated carbocycles. The average Bonchev–Trinajstić information content (AvgIpc) is 3.61. The van der Waals surface area contributed by atoms with Gasteiger partial charge in [0.2, 0.25) is 5.91 Å². The number of carbonyl (C=O) groups excluding carboxylic acids is 2. The van der Waals surface area contributed by atoms with Gasteiger partial charge in [-0.1, -0.05) is 51.9 Å². The van der Waals surface area contributed by atoms with Gasteiger partial charge in [0.05, 0.1) is 18.4 Å². The summed E-state index contributed by atoms with van der Waals surface area (Å²) >= 11 is 0. The smallest absolute Gasteiger partial charge is 0.309 e. The van der Waals surface area contributed by atoms with Gasteiger partial charge in [-0.15, -0.1) is 0 Å². The van der Waals surface area contributed by atoms with Crippen LogP contribution in [0.1, 0.15) is 144 Å². The highest BCUT2D eigenvalue weighted by Gasteiger charge is 2.71. The van der Waals surface area contributed by atoms with E-state index in [0.717, 1.165) is 62.8 Å². The molecular weight excluding hydrogens is 628 g/mol. The van der Waals surface area contributed by atoms with Crippen LogP contribution in [-0.2, 0) is 25.7 Å². The van der Waals surface area contributed by atoms with Crippen molar-refractivity contribution < 1.29 is 28.8 Å². The first-order chi connectivity index (χ1) is 23.2. The van der Waals surface area contributed by atoms with Crippen molar-refractivity contribution in [2.75, 3.05) is 0 Å². The molecule has 1 aromatic rings. The lowest BCUT2D eigenvalue weighted by atomic mass is 9.32. The molecule has 8 nitrogen and oxygen atoms in total. The van der Waals surface area contributed by atoms with Crippen molar-refractivity contribution in [2.45, 2.75) is 152 Å². The van der Waals surface area contributed by atoms with Gasteiger partial charge in [0.25, 0.3) is 0 Å². The van der Waals surface area contributed by atoms with Crippen LogP contribution in [0.2, 0.25) is 0 Å². The topological polar surface area (TPSA) is 119 Å². The van der Waals surface area contributed by atoms with Gasteiger partial charge in [-0.05, 0) is 143 Å². The molecule has 0 saturated heterocycles. The van der Waals surface area contributed by atoms with Gasteiger partial charge in [0.1, 0.15) is 17.6 Å². The molecule has 6 rings (SSSR count). The molecule has 0 spiro atoms. The van der Waals surface area contributed by atoms with Crippen LogP contribution < -0.4 is 5.32 Å². The summed E-state index contributed by atoms with van der Waals surface area (Å²) in [6.07, 6.45) is 11.2. The van der Waals surface area contributed by atoms with E-state index in [0.29, 0.717) is 42.6 Å². The van der Waals surface area contributed by atoms with Crippen molar-refractivity contribution in [3.05, 3.63) is 29.7 Å². The maximum absolute atomic E-state index is 13.6. The fraction of sp³-hybridized carbons (Fsp3) is 0.810. The highest BCUT2D eigenvalue weighted by atomic mass is 16.5. The number of nitrogens with zero attached hydrogens (tertiary/aromatic N) is 1. The highest BCUT2D eigenvalue weighted by Crippen LogP contribution is 2.78. The molecule has 1 amide bonds. The van der Waals surface area contributed by atoms with Gasteiger partial charge >= 0.3 is 11.9 Å². The second kappa shape index (κ2) is 12.5. The summed E-state index contributed by atoms with van der Waals surface area (Å²) in [5, 5.41) is 16.9. The van der Waals surface area contributed by atoms with Crippen molar-refractivity contribution >= 4 is 17.8 Å². The van der Waals surface area contributed by atoms with Crippen LogP contribution in [-0.4, -0.2) is 34.2 Å². The first-order valence-corrected chi connectivity index (χ1v) is 19.5. The molecule has 0 radical (unpaired) electrons. The first kappa shape index (κ1) is 37.1. The van der Waals surface area contributed by atoms with E-state index in [1.54, 1.807) is 13.8 Å². The number of carboxylic acid groups (broad SMARTS) is 1. The Labute approximate surface area is 300 Å². The van der Waals surface area contributed by atoms with Crippen LogP contribution >= 0.6 is 0 Å². The monoisotopic (exact) mass is 692 g/mol. The molecule has 5 fully saturated rings. The summed E-state index contributed by atoms with van der Waals surface area (Å²) in [5.41, 5.74) is 1.17. The predicted molar refractivity (Wildman–Crippen MR) is 193 cm³/mol. The fourth-order valence-electron chi connectivity index (χ4n) is 13.5. The average molecular weight is 693 g/mol. The number of ether oxygens (including phenoxy) is 1. The zero-order valence-electron chi connectivity index (χ0n) is 32.4. The summed E-state index contributed by atoms with van der Waals surface area (Å²) in [4.78, 5) is 38.4. The maximum Gasteiger partial charge on any atom is 0.309 e. The van der Waals surface area contributed by atoms with Crippen molar-refractivity contribution in [1.29, 1.82) is 0 Å². The third kappa shape index (κ3) is 5.77. The summed E-state index contributed by atoms with van der Waals surface area (Å²) in [6.45, 7) is 24.6. The minimum Gasteiger partial charge on any atom is -0.481 e. The Hall–Kier alpha value is -2.64. The number of allylic oxidation sites excluding steroid dienone is 1. The van der Waals surface area contributed by atoms with Crippen LogP contribution in [0.3, 0.4) is 0 Å². The summed E-state index contributed by atoms with van der Waals surface area (Å²) in [7, 11) is 0. The largest absolute Gasteiger partial charge is 0.481 e. The number of hydrogen-bond donors (Lipinski definition) is 2. The third-order valence-electron chi connectivity index (χ3n) is 16.3. The van der Waals surface area contributed by atoms with Gasteiger partial charge in [0.15, 0.2) is 0 Å². The third-order valence-corrected chi connectivity index (χ3v) is 16.3. The molecule has 5 aliphatic rings. The first-order valence-electron chi connectivity index (χ1n) is 19.5. The summed E-state index contributed by atoms with van der Waals surface area (Å²) < 4.78 is 11.4. The number of nitrogens with one attached hydrogen (secondary N) is 1. The van der Waals surface area contributed by atoms with Crippen LogP contribution in [0.4, 0.5) is 0 Å². The Morgan fingerprint density at radius 2 is 1.70 bits per heavy atom. The molecule has 5 aliphatic carbocycles. The van der Waals surface area contributed by atoms with E-state index in [4.69, 9.17) is 9.26 Å². The lowest BCUT2D eigenvalue weighted by Crippen LogP contribution is -2.67. The number of carbonyl (C=O) groups is 3. The van der Waals surface area contributed by atoms with Crippen molar-refractivity contribution in [3.63, 3.8) is 0 Å². The van der Waals surface area contributed by atoms with E-state index in [-0.39, 0.29) is 45.5 Å². The van der Waals surface area contributed by atoms with Crippen LogP contribution in [0.25, 0.3) is 0 Å². The van der Waals surface area contributed by atoms with E-state index in [2.05, 4.69) is 58.6 Å². The molecule has 1 aromatic heterocycles. The molecule has 1 heterocycles. The minimum atomic E-state index is -1.15. The number of aryl methyl sites for hydroxylation is 1. The molecule has 0 unspecified atom stereocenters. The van der Waals surface area contributed by atoms with E-state index in [1.165, 1.54) is 18.4 Å². The SMILES string of the molecule is C=C(C)[C@@H]1CC[C@]2(CC(=O)NCc3cc(C)on3)CC[C@]3(C)[C@H](CC[C@@H]4[C@@]5(C)CC[C@H](OC(=O)CC(C)(C)C(=O)O)C(C)(C)[C@@H]5CC[C@]43C)[C@@H]12. The molecule has 10 atom stereocenters. The Bertz CT molecular complexity index is 1530. The minimum absolute atomic E-state index is 0.00104. The van der Waals surface area contributed by atoms with Gasteiger partial charge in [0, 0.05) is 17.9 Å². The standard InChI is InChI=1S/C42H64N2O6/c1-25(2)28-13-18-42(22-33(45)43-24-27-21-26(3)50-44-27)20-19-40(9)29(35(28)42)11-12-31-39(8)16-15-32(49-34(46)23-37(4,5)36(47)48)38(6,7)30(39)14-17-41(31,40)10/h21,28-32,35H,1,11-20,22-24H2,2-10H3,(H,43,45)(H,47,48)/t28-,29+,30-,31+,32-,35+,39-,40+,41+,42+/m0/s1. The molecule has 0 aliphatic heterocycles. The highest BCUT2D eigenvalue weighted by molar-refractivity contribution is 5.81. The molecular formula is C42H64N2O6. The number of fused-ring (bicyclic) bond motifs is 7. The van der Waals surface area contributed by atoms with Crippen molar-refractivity contribution in [1.82, 2.24) is 10.5 Å². The van der Waals surface area contributed by atoms with Gasteiger partial charge in [-0.3, -0.25) is 14.4 Å². The lowest BCUT2D eigenvalue weighted by Gasteiger charge is -2.73. The number of hydrogen-bond acceptors (Lipinski definition) is 6. The van der Waals surface area contributed by atoms with E-state index >= 15 is 0 Å². The van der Waals surface area contributed by atoms with Gasteiger partial charge in [-0.25, -0.2) is 0 Å². The van der Waals surface area contributed by atoms with E-state index in [9.17, 15) is 19.5 Å². The van der Waals surface area contributed by atoms with Crippen molar-refractivity contribution in [3.8, 4) is 0 Å². The maximum atomic E-state index is 13.6. The zero-order valence-corrected chi connectivity index (χ0v) is 32.4. The number of aliphatic carboxylic acids is 1. The normalized spacial score (nSPS) is 40.4. The number of esters is 1. The molecule has 0 bridgehead atoms. The predicted octanol–water partition coefficient (Wildman–Crippen LogP) is 9.06. The van der Waals surface area contributed by atoms with Crippen LogP contribution in [0, 0.1) is 69.0 Å². The van der Waals surface area contributed by atoms with Crippen LogP contribution in [0.5, 0.6) is 0 Å². The number of aromatic nitrogens is 1. The summed E-state index contributed by atoms with van der Waals surface area (Å²) in [5.74, 6) is 1.96.